The van der Waals surface area contributed by atoms with Crippen LogP contribution in [-0.2, 0) is 11.2 Å². The van der Waals surface area contributed by atoms with Crippen molar-refractivity contribution in [3.05, 3.63) is 174 Å². The van der Waals surface area contributed by atoms with Gasteiger partial charge >= 0.3 is 11.9 Å². The first-order valence-electron chi connectivity index (χ1n) is 16.0. The van der Waals surface area contributed by atoms with E-state index in [1.165, 1.54) is 68.7 Å². The van der Waals surface area contributed by atoms with Crippen LogP contribution in [0.15, 0.2) is 158 Å². The molecule has 5 aromatic carbocycles. The Balaban J connectivity index is 1.22. The molecular weight excluding hydrogens is 622 g/mol. The normalized spacial score (nSPS) is 11.9. The molecule has 0 atom stereocenters. The number of nitrogens with zero attached hydrogens (tertiary/aromatic N) is 2. The third-order valence-electron chi connectivity index (χ3n) is 8.71. The molecule has 0 radical (unpaired) electrons. The zero-order chi connectivity index (χ0) is 34.6. The lowest BCUT2D eigenvalue weighted by atomic mass is 9.86. The number of pyridine rings is 2. The van der Waals surface area contributed by atoms with Gasteiger partial charge in [0, 0.05) is 24.5 Å². The molecule has 7 heteroatoms. The minimum atomic E-state index is -1.18. The molecule has 4 N–H and O–H groups in total. The molecule has 242 valence electrons. The van der Waals surface area contributed by atoms with Crippen LogP contribution in [0.25, 0.3) is 60.6 Å². The standard InChI is InChI=1S/C43H31N3O4/c44-38(25-31(42(47)48)18-19-33-24-32(43(49)50)21-22-45-33)39-26-30(20-23-46-39)27-14-16-29(17-15-27)41-36-12-6-4-10-34(36)40(28-8-2-1-3-9-28)35-11-5-7-13-37(35)41/h1-18,20-26H,19,44H2,(H,47,48)(H,49,50)/b31-18+,38-25-. The second-order valence-electron chi connectivity index (χ2n) is 11.8. The van der Waals surface area contributed by atoms with E-state index in [2.05, 4.69) is 107 Å². The Morgan fingerprint density at radius 2 is 1.14 bits per heavy atom. The molecule has 0 amide bonds. The van der Waals surface area contributed by atoms with Crippen molar-refractivity contribution < 1.29 is 19.8 Å². The van der Waals surface area contributed by atoms with Crippen LogP contribution in [0.3, 0.4) is 0 Å². The number of carbonyl (C=O) groups is 2. The number of nitrogens with two attached hydrogens (primary N) is 1. The van der Waals surface area contributed by atoms with Crippen LogP contribution < -0.4 is 5.73 Å². The third kappa shape index (κ3) is 6.35. The van der Waals surface area contributed by atoms with Crippen molar-refractivity contribution in [3.63, 3.8) is 0 Å². The van der Waals surface area contributed by atoms with Crippen molar-refractivity contribution in [1.29, 1.82) is 0 Å². The van der Waals surface area contributed by atoms with Gasteiger partial charge in [0.25, 0.3) is 0 Å². The Kier molecular flexibility index (Phi) is 8.70. The van der Waals surface area contributed by atoms with Gasteiger partial charge in [-0.3, -0.25) is 9.97 Å². The average Bonchev–Trinajstić information content (AvgIpc) is 3.15. The lowest BCUT2D eigenvalue weighted by Gasteiger charge is -2.18. The highest BCUT2D eigenvalue weighted by Crippen LogP contribution is 2.43. The van der Waals surface area contributed by atoms with E-state index in [-0.39, 0.29) is 23.3 Å². The summed E-state index contributed by atoms with van der Waals surface area (Å²) in [5.41, 5.74) is 13.9. The summed E-state index contributed by atoms with van der Waals surface area (Å²) < 4.78 is 0. The van der Waals surface area contributed by atoms with Crippen molar-refractivity contribution in [2.45, 2.75) is 6.42 Å². The van der Waals surface area contributed by atoms with E-state index < -0.39 is 11.9 Å². The maximum Gasteiger partial charge on any atom is 0.335 e. The molecule has 7 nitrogen and oxygen atoms in total. The zero-order valence-corrected chi connectivity index (χ0v) is 26.8. The van der Waals surface area contributed by atoms with E-state index in [1.54, 1.807) is 6.20 Å². The molecule has 2 aromatic heterocycles. The molecule has 0 saturated heterocycles. The first-order valence-corrected chi connectivity index (χ1v) is 16.0. The lowest BCUT2D eigenvalue weighted by molar-refractivity contribution is -0.132. The predicted molar refractivity (Wildman–Crippen MR) is 198 cm³/mol. The zero-order valence-electron chi connectivity index (χ0n) is 26.8. The van der Waals surface area contributed by atoms with Gasteiger partial charge in [-0.25, -0.2) is 9.59 Å². The molecule has 0 aliphatic heterocycles. The molecule has 0 bridgehead atoms. The van der Waals surface area contributed by atoms with Gasteiger partial charge in [-0.2, -0.15) is 0 Å². The monoisotopic (exact) mass is 653 g/mol. The molecule has 0 saturated carbocycles. The Labute approximate surface area is 288 Å². The van der Waals surface area contributed by atoms with Crippen molar-refractivity contribution in [2.75, 3.05) is 0 Å². The van der Waals surface area contributed by atoms with Crippen molar-refractivity contribution in [2.24, 2.45) is 5.73 Å². The van der Waals surface area contributed by atoms with Crippen LogP contribution in [0.2, 0.25) is 0 Å². The molecule has 2 heterocycles. The van der Waals surface area contributed by atoms with Gasteiger partial charge in [-0.05, 0) is 85.3 Å². The highest BCUT2D eigenvalue weighted by molar-refractivity contribution is 6.21. The van der Waals surface area contributed by atoms with Crippen molar-refractivity contribution in [3.8, 4) is 33.4 Å². The number of benzene rings is 5. The molecule has 0 spiro atoms. The minimum Gasteiger partial charge on any atom is -0.478 e. The fourth-order valence-electron chi connectivity index (χ4n) is 6.34. The number of carboxylic acid groups (broad SMARTS) is 2. The summed E-state index contributed by atoms with van der Waals surface area (Å²) in [6.45, 7) is 0. The van der Waals surface area contributed by atoms with E-state index >= 15 is 0 Å². The third-order valence-corrected chi connectivity index (χ3v) is 8.71. The van der Waals surface area contributed by atoms with Gasteiger partial charge in [0.2, 0.25) is 0 Å². The Morgan fingerprint density at radius 1 is 0.600 bits per heavy atom. The largest absolute Gasteiger partial charge is 0.478 e. The summed E-state index contributed by atoms with van der Waals surface area (Å²) in [6.07, 6.45) is 5.95. The first kappa shape index (κ1) is 31.7. The van der Waals surface area contributed by atoms with Gasteiger partial charge in [-0.15, -0.1) is 0 Å². The number of aliphatic carboxylic acids is 1. The van der Waals surface area contributed by atoms with Crippen LogP contribution in [0, 0.1) is 0 Å². The van der Waals surface area contributed by atoms with E-state index in [9.17, 15) is 19.8 Å². The Hall–Kier alpha value is -6.86. The Morgan fingerprint density at radius 3 is 1.72 bits per heavy atom. The Bertz CT molecular complexity index is 2410. The maximum absolute atomic E-state index is 12.1. The fraction of sp³-hybridized carbons (Fsp3) is 0.0233. The van der Waals surface area contributed by atoms with E-state index in [0.717, 1.165) is 16.7 Å². The van der Waals surface area contributed by atoms with Crippen LogP contribution in [0.5, 0.6) is 0 Å². The number of carboxylic acids is 2. The molecule has 7 aromatic rings. The highest BCUT2D eigenvalue weighted by Gasteiger charge is 2.16. The van der Waals surface area contributed by atoms with E-state index in [4.69, 9.17) is 5.73 Å². The number of aromatic carboxylic acids is 1. The highest BCUT2D eigenvalue weighted by atomic mass is 16.4. The molecule has 0 fully saturated rings. The number of hydrogen-bond acceptors (Lipinski definition) is 5. The molecule has 0 aliphatic rings. The minimum absolute atomic E-state index is 0.0562. The molecular formula is C43H31N3O4. The van der Waals surface area contributed by atoms with Crippen LogP contribution in [0.1, 0.15) is 21.7 Å². The molecule has 0 aliphatic carbocycles. The first-order chi connectivity index (χ1) is 24.4. The second kappa shape index (κ2) is 13.7. The summed E-state index contributed by atoms with van der Waals surface area (Å²) in [5.74, 6) is -2.26. The van der Waals surface area contributed by atoms with Gasteiger partial charge in [0.15, 0.2) is 0 Å². The van der Waals surface area contributed by atoms with Gasteiger partial charge < -0.3 is 15.9 Å². The topological polar surface area (TPSA) is 126 Å². The van der Waals surface area contributed by atoms with Crippen molar-refractivity contribution >= 4 is 39.2 Å². The summed E-state index contributed by atoms with van der Waals surface area (Å²) in [5, 5.41) is 23.8. The predicted octanol–water partition coefficient (Wildman–Crippen LogP) is 9.04. The lowest BCUT2D eigenvalue weighted by Crippen LogP contribution is -2.05. The number of fused-ring (bicyclic) bond motifs is 2. The van der Waals surface area contributed by atoms with Crippen molar-refractivity contribution in [1.82, 2.24) is 9.97 Å². The second-order valence-corrected chi connectivity index (χ2v) is 11.8. The summed E-state index contributed by atoms with van der Waals surface area (Å²) in [4.78, 5) is 31.9. The van der Waals surface area contributed by atoms with Gasteiger partial charge in [-0.1, -0.05) is 109 Å². The quantitative estimate of drug-likeness (QED) is 0.0806. The SMILES string of the molecule is N/C(=C\C(=C/Cc1cc(C(=O)O)ccn1)C(=O)O)c1cc(-c2ccc(-c3c4ccccc4c(-c4ccccc4)c4ccccc34)cc2)ccn1. The molecule has 7 rings (SSSR count). The van der Waals surface area contributed by atoms with Gasteiger partial charge in [0.05, 0.1) is 22.5 Å². The molecule has 0 unspecified atom stereocenters. The fourth-order valence-corrected chi connectivity index (χ4v) is 6.34. The summed E-state index contributed by atoms with van der Waals surface area (Å²) in [7, 11) is 0. The maximum atomic E-state index is 12.1. The van der Waals surface area contributed by atoms with Crippen LogP contribution >= 0.6 is 0 Å². The summed E-state index contributed by atoms with van der Waals surface area (Å²) in [6, 6.07) is 42.5. The smallest absolute Gasteiger partial charge is 0.335 e. The van der Waals surface area contributed by atoms with E-state index in [0.29, 0.717) is 11.4 Å². The van der Waals surface area contributed by atoms with Gasteiger partial charge in [0.1, 0.15) is 0 Å². The summed E-state index contributed by atoms with van der Waals surface area (Å²) >= 11 is 0. The van der Waals surface area contributed by atoms with Crippen LogP contribution in [-0.4, -0.2) is 32.1 Å². The average molecular weight is 654 g/mol. The number of rotatable bonds is 9. The number of hydrogen-bond donors (Lipinski definition) is 3. The van der Waals surface area contributed by atoms with Crippen LogP contribution in [0.4, 0.5) is 0 Å². The molecule has 50 heavy (non-hydrogen) atoms. The number of aromatic nitrogens is 2. The van der Waals surface area contributed by atoms with E-state index in [1.807, 2.05) is 18.2 Å². The number of allylic oxidation sites excluding steroid dienone is 1.